The lowest BCUT2D eigenvalue weighted by Crippen LogP contribution is -2.32. The Morgan fingerprint density at radius 1 is 1.62 bits per heavy atom. The Hall–Kier alpha value is -1.41. The van der Waals surface area contributed by atoms with Crippen molar-refractivity contribution in [2.24, 2.45) is 5.73 Å². The number of hydrogen-bond donors (Lipinski definition) is 1. The number of rotatable bonds is 4. The zero-order chi connectivity index (χ0) is 10.3. The molecule has 0 fully saturated rings. The van der Waals surface area contributed by atoms with E-state index in [-0.39, 0.29) is 6.42 Å². The molecule has 0 heterocycles. The maximum absolute atomic E-state index is 10.8. The molecule has 0 radical (unpaired) electrons. The van der Waals surface area contributed by atoms with E-state index in [1.54, 1.807) is 0 Å². The first kappa shape index (κ1) is 11.6. The minimum Gasteiger partial charge on any atom is -0.391 e. The number of nitrogens with two attached hydrogens (primary N) is 1. The fourth-order valence-corrected chi connectivity index (χ4v) is 0.601. The van der Waals surface area contributed by atoms with Gasteiger partial charge in [-0.05, 0) is 6.42 Å². The number of carbonyl (C=O) groups excluding carboxylic acids is 2. The molecular formula is C8H12N2O3. The van der Waals surface area contributed by atoms with Gasteiger partial charge in [0.1, 0.15) is 0 Å². The monoisotopic (exact) mass is 184 g/mol. The van der Waals surface area contributed by atoms with Crippen molar-refractivity contribution in [3.05, 3.63) is 0 Å². The predicted octanol–water partition coefficient (Wildman–Crippen LogP) is 0.0973. The summed E-state index contributed by atoms with van der Waals surface area (Å²) in [4.78, 5) is 21.6. The van der Waals surface area contributed by atoms with Crippen molar-refractivity contribution < 1.29 is 14.3 Å². The number of nitrogens with zero attached hydrogens (tertiary/aromatic N) is 1. The van der Waals surface area contributed by atoms with Crippen LogP contribution in [0.3, 0.4) is 0 Å². The van der Waals surface area contributed by atoms with Crippen LogP contribution in [0.5, 0.6) is 0 Å². The van der Waals surface area contributed by atoms with E-state index in [9.17, 15) is 9.59 Å². The molecule has 1 atom stereocenters. The summed E-state index contributed by atoms with van der Waals surface area (Å²) in [6, 6.07) is 0.107. The lowest BCUT2D eigenvalue weighted by atomic mass is 10.2. The number of nitriles is 1. The van der Waals surface area contributed by atoms with Crippen molar-refractivity contribution in [2.45, 2.75) is 32.2 Å². The molecule has 0 saturated carbocycles. The number of hydrogen-bond acceptors (Lipinski definition) is 5. The molecule has 0 bridgehead atoms. The largest absolute Gasteiger partial charge is 0.391 e. The second kappa shape index (κ2) is 6.14. The van der Waals surface area contributed by atoms with Crippen LogP contribution in [-0.2, 0) is 14.3 Å². The molecular weight excluding hydrogens is 172 g/mol. The normalized spacial score (nSPS) is 11.5. The zero-order valence-corrected chi connectivity index (χ0v) is 7.45. The van der Waals surface area contributed by atoms with Crippen molar-refractivity contribution in [2.75, 3.05) is 0 Å². The maximum Gasteiger partial charge on any atom is 0.345 e. The van der Waals surface area contributed by atoms with Crippen LogP contribution in [0.4, 0.5) is 0 Å². The quantitative estimate of drug-likeness (QED) is 0.494. The van der Waals surface area contributed by atoms with Crippen LogP contribution >= 0.6 is 0 Å². The molecule has 0 saturated heterocycles. The molecule has 0 amide bonds. The highest BCUT2D eigenvalue weighted by molar-refractivity contribution is 5.89. The number of ether oxygens (including phenoxy) is 1. The third-order valence-corrected chi connectivity index (χ3v) is 1.34. The predicted molar refractivity (Wildman–Crippen MR) is 44.2 cm³/mol. The van der Waals surface area contributed by atoms with Gasteiger partial charge in [-0.2, -0.15) is 5.26 Å². The number of esters is 2. The van der Waals surface area contributed by atoms with Gasteiger partial charge in [0, 0.05) is 6.42 Å². The summed E-state index contributed by atoms with van der Waals surface area (Å²) in [5.41, 5.74) is 5.01. The molecule has 5 nitrogen and oxygen atoms in total. The Labute approximate surface area is 76.5 Å². The van der Waals surface area contributed by atoms with Gasteiger partial charge in [0.05, 0.1) is 6.07 Å². The van der Waals surface area contributed by atoms with Gasteiger partial charge in [0.15, 0.2) is 6.04 Å². The molecule has 2 N–H and O–H groups in total. The van der Waals surface area contributed by atoms with Crippen LogP contribution in [-0.4, -0.2) is 18.0 Å². The van der Waals surface area contributed by atoms with Crippen LogP contribution in [0.1, 0.15) is 26.2 Å². The highest BCUT2D eigenvalue weighted by atomic mass is 16.6. The van der Waals surface area contributed by atoms with Crippen molar-refractivity contribution >= 4 is 11.9 Å². The number of unbranched alkanes of at least 4 members (excludes halogenated alkanes) is 1. The number of carbonyl (C=O) groups is 2. The lowest BCUT2D eigenvalue weighted by molar-refractivity contribution is -0.159. The molecule has 0 rings (SSSR count). The standard InChI is InChI=1S/C8H12N2O3/c1-2-3-4-7(11)13-8(12)6(10)5-9/h6H,2-4,10H2,1H3. The molecule has 13 heavy (non-hydrogen) atoms. The van der Waals surface area contributed by atoms with Gasteiger partial charge in [-0.25, -0.2) is 4.79 Å². The first-order valence-electron chi connectivity index (χ1n) is 4.01. The molecule has 0 aliphatic heterocycles. The van der Waals surface area contributed by atoms with E-state index >= 15 is 0 Å². The SMILES string of the molecule is CCCCC(=O)OC(=O)C(N)C#N. The average Bonchev–Trinajstić information content (AvgIpc) is 2.13. The third-order valence-electron chi connectivity index (χ3n) is 1.34. The molecule has 0 spiro atoms. The fraction of sp³-hybridized carbons (Fsp3) is 0.625. The minimum atomic E-state index is -1.37. The lowest BCUT2D eigenvalue weighted by Gasteiger charge is -2.02. The summed E-state index contributed by atoms with van der Waals surface area (Å²) in [7, 11) is 0. The Balaban J connectivity index is 3.80. The van der Waals surface area contributed by atoms with Crippen molar-refractivity contribution in [1.82, 2.24) is 0 Å². The van der Waals surface area contributed by atoms with E-state index in [1.165, 1.54) is 6.07 Å². The second-order valence-electron chi connectivity index (χ2n) is 2.50. The van der Waals surface area contributed by atoms with E-state index in [1.807, 2.05) is 6.92 Å². The van der Waals surface area contributed by atoms with E-state index in [0.717, 1.165) is 6.42 Å². The highest BCUT2D eigenvalue weighted by Gasteiger charge is 2.17. The Bertz CT molecular complexity index is 232. The first-order chi connectivity index (χ1) is 6.11. The van der Waals surface area contributed by atoms with Crippen LogP contribution in [0.25, 0.3) is 0 Å². The summed E-state index contributed by atoms with van der Waals surface area (Å²) >= 11 is 0. The van der Waals surface area contributed by atoms with Gasteiger partial charge in [-0.3, -0.25) is 4.79 Å². The van der Waals surface area contributed by atoms with E-state index < -0.39 is 18.0 Å². The summed E-state index contributed by atoms with van der Waals surface area (Å²) < 4.78 is 4.28. The molecule has 0 aromatic carbocycles. The summed E-state index contributed by atoms with van der Waals surface area (Å²) in [5.74, 6) is -1.61. The fourth-order valence-electron chi connectivity index (χ4n) is 0.601. The summed E-state index contributed by atoms with van der Waals surface area (Å²) in [5, 5.41) is 8.21. The Morgan fingerprint density at radius 2 is 2.23 bits per heavy atom. The molecule has 0 aromatic heterocycles. The van der Waals surface area contributed by atoms with E-state index in [4.69, 9.17) is 11.0 Å². The van der Waals surface area contributed by atoms with Gasteiger partial charge in [0.2, 0.25) is 0 Å². The highest BCUT2D eigenvalue weighted by Crippen LogP contribution is 1.97. The zero-order valence-electron chi connectivity index (χ0n) is 7.45. The van der Waals surface area contributed by atoms with E-state index in [0.29, 0.717) is 6.42 Å². The molecule has 0 aromatic rings. The topological polar surface area (TPSA) is 93.2 Å². The van der Waals surface area contributed by atoms with Crippen molar-refractivity contribution in [3.63, 3.8) is 0 Å². The van der Waals surface area contributed by atoms with Gasteiger partial charge in [-0.15, -0.1) is 0 Å². The average molecular weight is 184 g/mol. The smallest absolute Gasteiger partial charge is 0.345 e. The van der Waals surface area contributed by atoms with Crippen LogP contribution < -0.4 is 5.73 Å². The molecule has 0 aliphatic rings. The summed E-state index contributed by atoms with van der Waals surface area (Å²) in [6.45, 7) is 1.91. The summed E-state index contributed by atoms with van der Waals surface area (Å²) in [6.07, 6.45) is 1.68. The van der Waals surface area contributed by atoms with Crippen LogP contribution in [0, 0.1) is 11.3 Å². The molecule has 72 valence electrons. The van der Waals surface area contributed by atoms with Crippen LogP contribution in [0.2, 0.25) is 0 Å². The Kier molecular flexibility index (Phi) is 5.48. The van der Waals surface area contributed by atoms with Gasteiger partial charge >= 0.3 is 11.9 Å². The minimum absolute atomic E-state index is 0.181. The van der Waals surface area contributed by atoms with Crippen molar-refractivity contribution in [3.8, 4) is 6.07 Å². The van der Waals surface area contributed by atoms with Gasteiger partial charge < -0.3 is 10.5 Å². The van der Waals surface area contributed by atoms with Crippen LogP contribution in [0.15, 0.2) is 0 Å². The second-order valence-corrected chi connectivity index (χ2v) is 2.50. The van der Waals surface area contributed by atoms with E-state index in [2.05, 4.69) is 4.74 Å². The Morgan fingerprint density at radius 3 is 2.69 bits per heavy atom. The first-order valence-corrected chi connectivity index (χ1v) is 4.01. The van der Waals surface area contributed by atoms with Gasteiger partial charge in [-0.1, -0.05) is 13.3 Å². The molecule has 0 aliphatic carbocycles. The van der Waals surface area contributed by atoms with Gasteiger partial charge in [0.25, 0.3) is 0 Å². The molecule has 1 unspecified atom stereocenters. The molecule has 5 heteroatoms. The maximum atomic E-state index is 10.8. The third kappa shape index (κ3) is 4.93. The van der Waals surface area contributed by atoms with Crippen molar-refractivity contribution in [1.29, 1.82) is 5.26 Å².